The molecule has 0 aliphatic carbocycles. The number of hydrogen-bond donors (Lipinski definition) is 0. The maximum absolute atomic E-state index is 5.37. The molecular weight excluding hydrogens is 793 g/mol. The molecule has 0 amide bonds. The van der Waals surface area contributed by atoms with E-state index >= 15 is 0 Å². The van der Waals surface area contributed by atoms with E-state index < -0.39 is 0 Å². The molecule has 0 fully saturated rings. The van der Waals surface area contributed by atoms with Crippen LogP contribution in [0.2, 0.25) is 0 Å². The van der Waals surface area contributed by atoms with Gasteiger partial charge < -0.3 is 14.0 Å². The van der Waals surface area contributed by atoms with Crippen molar-refractivity contribution in [3.05, 3.63) is 230 Å². The molecular formula is C59H40N6. The molecule has 9 aromatic carbocycles. The molecule has 13 rings (SSSR count). The Bertz CT molecular complexity index is 3440. The zero-order valence-electron chi connectivity index (χ0n) is 35.4. The summed E-state index contributed by atoms with van der Waals surface area (Å²) in [5.74, 6) is 1.82. The average molecular weight is 833 g/mol. The number of anilines is 3. The Morgan fingerprint density at radius 3 is 1.02 bits per heavy atom. The predicted molar refractivity (Wildman–Crippen MR) is 267 cm³/mol. The smallest absolute Gasteiger partial charge is 0.164 e. The standard InChI is InChI=1S/C59H40N6/c1-3-21-41(22-4-1)57-60-58(42-23-5-2-6-24-42)62-59(61-57)43-37-54(63-50-31-15-9-25-44(50)45-26-10-16-32-51(45)63)56(65-48-29-13-7-19-39(48)35-36-40-20-8-14-30-49(40)65)55(38-43)64-52-33-17-11-27-46(52)47-28-12-18-34-53(47)64/h1-34,37-38H,35-36H2. The molecule has 0 saturated carbocycles. The second-order valence-corrected chi connectivity index (χ2v) is 16.7. The number of rotatable bonds is 6. The molecule has 0 spiro atoms. The van der Waals surface area contributed by atoms with Crippen molar-refractivity contribution < 1.29 is 0 Å². The molecule has 0 bridgehead atoms. The minimum absolute atomic E-state index is 0.588. The second-order valence-electron chi connectivity index (χ2n) is 16.7. The fourth-order valence-electron chi connectivity index (χ4n) is 10.1. The molecule has 1 aliphatic heterocycles. The summed E-state index contributed by atoms with van der Waals surface area (Å²) < 4.78 is 4.93. The zero-order chi connectivity index (χ0) is 42.8. The van der Waals surface area contributed by atoms with Crippen molar-refractivity contribution in [1.82, 2.24) is 24.1 Å². The lowest BCUT2D eigenvalue weighted by Crippen LogP contribution is -2.18. The van der Waals surface area contributed by atoms with Gasteiger partial charge in [-0.25, -0.2) is 15.0 Å². The topological polar surface area (TPSA) is 51.8 Å². The summed E-state index contributed by atoms with van der Waals surface area (Å²) in [7, 11) is 0. The summed E-state index contributed by atoms with van der Waals surface area (Å²) in [6, 6.07) is 78.1. The quantitative estimate of drug-likeness (QED) is 0.167. The minimum atomic E-state index is 0.588. The third-order valence-corrected chi connectivity index (χ3v) is 13.0. The maximum Gasteiger partial charge on any atom is 0.164 e. The Hall–Kier alpha value is -8.61. The Labute approximate surface area is 376 Å². The fourth-order valence-corrected chi connectivity index (χ4v) is 10.1. The number of para-hydroxylation sites is 6. The van der Waals surface area contributed by atoms with Crippen LogP contribution in [0, 0.1) is 0 Å². The first-order valence-electron chi connectivity index (χ1n) is 22.3. The van der Waals surface area contributed by atoms with Crippen molar-refractivity contribution in [2.45, 2.75) is 12.8 Å². The van der Waals surface area contributed by atoms with Gasteiger partial charge in [0.15, 0.2) is 17.5 Å². The van der Waals surface area contributed by atoms with Gasteiger partial charge in [0, 0.05) is 49.6 Å². The Kier molecular flexibility index (Phi) is 8.56. The first-order chi connectivity index (χ1) is 32.3. The fraction of sp³-hybridized carbons (Fsp3) is 0.0339. The third kappa shape index (κ3) is 5.99. The molecule has 0 radical (unpaired) electrons. The van der Waals surface area contributed by atoms with Crippen LogP contribution in [-0.4, -0.2) is 24.1 Å². The molecule has 1 aliphatic rings. The maximum atomic E-state index is 5.37. The van der Waals surface area contributed by atoms with Crippen LogP contribution in [0.1, 0.15) is 11.1 Å². The van der Waals surface area contributed by atoms with Gasteiger partial charge >= 0.3 is 0 Å². The number of fused-ring (bicyclic) bond motifs is 8. The van der Waals surface area contributed by atoms with E-state index in [1.54, 1.807) is 0 Å². The van der Waals surface area contributed by atoms with Crippen molar-refractivity contribution in [2.24, 2.45) is 0 Å². The van der Waals surface area contributed by atoms with Gasteiger partial charge in [0.2, 0.25) is 0 Å². The first-order valence-corrected chi connectivity index (χ1v) is 22.3. The first kappa shape index (κ1) is 37.0. The highest BCUT2D eigenvalue weighted by atomic mass is 15.2. The molecule has 306 valence electrons. The summed E-state index contributed by atoms with van der Waals surface area (Å²) in [4.78, 5) is 18.4. The molecule has 0 N–H and O–H groups in total. The number of benzene rings is 9. The van der Waals surface area contributed by atoms with Crippen molar-refractivity contribution in [3.63, 3.8) is 0 Å². The molecule has 0 saturated heterocycles. The van der Waals surface area contributed by atoms with Gasteiger partial charge in [-0.05, 0) is 72.5 Å². The largest absolute Gasteiger partial charge is 0.307 e. The molecule has 6 heteroatoms. The Balaban J connectivity index is 1.25. The van der Waals surface area contributed by atoms with E-state index in [-0.39, 0.29) is 0 Å². The predicted octanol–water partition coefficient (Wildman–Crippen LogP) is 14.6. The van der Waals surface area contributed by atoms with Crippen molar-refractivity contribution in [2.75, 3.05) is 4.90 Å². The summed E-state index contributed by atoms with van der Waals surface area (Å²) in [5.41, 5.74) is 15.1. The molecule has 3 aromatic heterocycles. The third-order valence-electron chi connectivity index (χ3n) is 13.0. The molecule has 0 unspecified atom stereocenters. The lowest BCUT2D eigenvalue weighted by molar-refractivity contribution is 0.977. The summed E-state index contributed by atoms with van der Waals surface area (Å²) in [5, 5.41) is 4.75. The SMILES string of the molecule is c1ccc(-c2nc(-c3ccccc3)nc(-c3cc(-n4c5ccccc5c5ccccc54)c(N4c5ccccc5CCc5ccccc54)c(-n4c5ccccc5c5ccccc54)c3)n2)cc1. The van der Waals surface area contributed by atoms with Crippen molar-refractivity contribution in [1.29, 1.82) is 0 Å². The summed E-state index contributed by atoms with van der Waals surface area (Å²) in [6.07, 6.45) is 1.85. The normalized spacial score (nSPS) is 12.5. The van der Waals surface area contributed by atoms with E-state index in [1.165, 1.54) is 32.7 Å². The van der Waals surface area contributed by atoms with E-state index in [2.05, 4.69) is 196 Å². The lowest BCUT2D eigenvalue weighted by Gasteiger charge is -2.32. The lowest BCUT2D eigenvalue weighted by atomic mass is 10.0. The van der Waals surface area contributed by atoms with Crippen LogP contribution in [0.25, 0.3) is 89.2 Å². The van der Waals surface area contributed by atoms with Crippen molar-refractivity contribution >= 4 is 60.7 Å². The minimum Gasteiger partial charge on any atom is -0.307 e. The summed E-state index contributed by atoms with van der Waals surface area (Å²) >= 11 is 0. The van der Waals surface area contributed by atoms with Gasteiger partial charge in [0.25, 0.3) is 0 Å². The van der Waals surface area contributed by atoms with Crippen LogP contribution >= 0.6 is 0 Å². The van der Waals surface area contributed by atoms with Gasteiger partial charge in [0.1, 0.15) is 0 Å². The zero-order valence-corrected chi connectivity index (χ0v) is 35.4. The molecule has 65 heavy (non-hydrogen) atoms. The number of hydrogen-bond acceptors (Lipinski definition) is 4. The van der Waals surface area contributed by atoms with Crippen LogP contribution in [0.5, 0.6) is 0 Å². The molecule has 0 atom stereocenters. The van der Waals surface area contributed by atoms with Crippen LogP contribution in [-0.2, 0) is 12.8 Å². The summed E-state index contributed by atoms with van der Waals surface area (Å²) in [6.45, 7) is 0. The van der Waals surface area contributed by atoms with Crippen LogP contribution in [0.3, 0.4) is 0 Å². The van der Waals surface area contributed by atoms with E-state index in [9.17, 15) is 0 Å². The Morgan fingerprint density at radius 2 is 0.615 bits per heavy atom. The van der Waals surface area contributed by atoms with E-state index in [0.29, 0.717) is 17.5 Å². The highest BCUT2D eigenvalue weighted by Gasteiger charge is 2.31. The van der Waals surface area contributed by atoms with Gasteiger partial charge in [-0.2, -0.15) is 0 Å². The average Bonchev–Trinajstić information content (AvgIpc) is 3.83. The van der Waals surface area contributed by atoms with Crippen molar-refractivity contribution in [3.8, 4) is 45.5 Å². The highest BCUT2D eigenvalue weighted by molar-refractivity contribution is 6.12. The highest BCUT2D eigenvalue weighted by Crippen LogP contribution is 2.50. The van der Waals surface area contributed by atoms with E-state index in [4.69, 9.17) is 15.0 Å². The van der Waals surface area contributed by atoms with Crippen LogP contribution in [0.4, 0.5) is 17.1 Å². The monoisotopic (exact) mass is 832 g/mol. The van der Waals surface area contributed by atoms with Crippen LogP contribution < -0.4 is 4.90 Å². The number of aromatic nitrogens is 5. The number of aryl methyl sites for hydroxylation is 2. The molecule has 4 heterocycles. The molecule has 6 nitrogen and oxygen atoms in total. The van der Waals surface area contributed by atoms with Gasteiger partial charge in [0.05, 0.1) is 39.1 Å². The van der Waals surface area contributed by atoms with E-state index in [1.807, 2.05) is 36.4 Å². The second kappa shape index (κ2) is 15.0. The Morgan fingerprint density at radius 1 is 0.292 bits per heavy atom. The van der Waals surface area contributed by atoms with Crippen LogP contribution in [0.15, 0.2) is 218 Å². The molecule has 12 aromatic rings. The van der Waals surface area contributed by atoms with Gasteiger partial charge in [-0.1, -0.05) is 170 Å². The van der Waals surface area contributed by atoms with Gasteiger partial charge in [-0.3, -0.25) is 0 Å². The van der Waals surface area contributed by atoms with E-state index in [0.717, 1.165) is 80.0 Å². The number of nitrogens with zero attached hydrogens (tertiary/aromatic N) is 6. The van der Waals surface area contributed by atoms with Gasteiger partial charge in [-0.15, -0.1) is 0 Å².